The minimum atomic E-state index is -0.0305. The number of methoxy groups -OCH3 is 1. The third-order valence-electron chi connectivity index (χ3n) is 4.96. The summed E-state index contributed by atoms with van der Waals surface area (Å²) in [5, 5.41) is 8.15. The third-order valence-corrected chi connectivity index (χ3v) is 4.96. The van der Waals surface area contributed by atoms with Gasteiger partial charge >= 0.3 is 0 Å². The largest absolute Gasteiger partial charge is 0.497 e. The molecule has 0 atom stereocenters. The van der Waals surface area contributed by atoms with Crippen molar-refractivity contribution in [1.82, 2.24) is 24.8 Å². The fourth-order valence-electron chi connectivity index (χ4n) is 3.34. The van der Waals surface area contributed by atoms with Crippen LogP contribution in [0.2, 0.25) is 0 Å². The molecule has 1 aromatic heterocycles. The fraction of sp³-hybridized carbons (Fsp3) is 0.300. The molecule has 1 fully saturated rings. The zero-order chi connectivity index (χ0) is 19.5. The second kappa shape index (κ2) is 7.67. The van der Waals surface area contributed by atoms with Crippen LogP contribution in [0.15, 0.2) is 48.5 Å². The molecule has 0 aliphatic carbocycles. The molecule has 8 heteroatoms. The molecular formula is C20H21N5O3. The van der Waals surface area contributed by atoms with Gasteiger partial charge in [-0.15, -0.1) is 5.10 Å². The molecule has 0 spiro atoms. The van der Waals surface area contributed by atoms with Crippen molar-refractivity contribution >= 4 is 22.8 Å². The number of amides is 2. The number of fused-ring (bicyclic) bond motifs is 1. The van der Waals surface area contributed by atoms with E-state index in [-0.39, 0.29) is 18.4 Å². The lowest BCUT2D eigenvalue weighted by molar-refractivity contribution is -0.133. The van der Waals surface area contributed by atoms with Gasteiger partial charge in [0.15, 0.2) is 0 Å². The van der Waals surface area contributed by atoms with Gasteiger partial charge in [0, 0.05) is 31.7 Å². The van der Waals surface area contributed by atoms with Crippen molar-refractivity contribution < 1.29 is 14.3 Å². The molecule has 1 saturated heterocycles. The molecule has 4 rings (SSSR count). The molecule has 0 saturated carbocycles. The number of carbonyl (C=O) groups excluding carboxylic acids is 2. The number of hydrogen-bond donors (Lipinski definition) is 0. The number of benzene rings is 2. The topological polar surface area (TPSA) is 80.6 Å². The predicted octanol–water partition coefficient (Wildman–Crippen LogP) is 1.42. The number of rotatable bonds is 4. The normalized spacial score (nSPS) is 14.3. The summed E-state index contributed by atoms with van der Waals surface area (Å²) in [4.78, 5) is 28.8. The van der Waals surface area contributed by atoms with Crippen molar-refractivity contribution in [2.75, 3.05) is 33.3 Å². The average Bonchev–Trinajstić information content (AvgIpc) is 3.16. The first-order valence-electron chi connectivity index (χ1n) is 9.15. The highest BCUT2D eigenvalue weighted by atomic mass is 16.5. The Bertz CT molecular complexity index is 991. The van der Waals surface area contributed by atoms with Crippen LogP contribution in [-0.4, -0.2) is 69.9 Å². The molecule has 8 nitrogen and oxygen atoms in total. The first-order chi connectivity index (χ1) is 13.7. The van der Waals surface area contributed by atoms with E-state index in [9.17, 15) is 9.59 Å². The monoisotopic (exact) mass is 379 g/mol. The molecule has 2 amide bonds. The van der Waals surface area contributed by atoms with Crippen LogP contribution in [0, 0.1) is 0 Å². The molecule has 2 aromatic carbocycles. The van der Waals surface area contributed by atoms with Crippen molar-refractivity contribution in [3.05, 3.63) is 54.1 Å². The quantitative estimate of drug-likeness (QED) is 0.685. The Morgan fingerprint density at radius 1 is 0.964 bits per heavy atom. The average molecular weight is 379 g/mol. The van der Waals surface area contributed by atoms with Crippen molar-refractivity contribution in [3.8, 4) is 5.75 Å². The highest BCUT2D eigenvalue weighted by Gasteiger charge is 2.25. The van der Waals surface area contributed by atoms with Crippen LogP contribution in [0.4, 0.5) is 0 Å². The van der Waals surface area contributed by atoms with Gasteiger partial charge in [-0.05, 0) is 36.4 Å². The highest BCUT2D eigenvalue weighted by molar-refractivity contribution is 5.94. The maximum atomic E-state index is 12.6. The molecule has 1 aliphatic rings. The summed E-state index contributed by atoms with van der Waals surface area (Å²) in [6.45, 7) is 2.18. The summed E-state index contributed by atoms with van der Waals surface area (Å²) in [5.74, 6) is 0.664. The van der Waals surface area contributed by atoms with Gasteiger partial charge in [-0.3, -0.25) is 9.59 Å². The summed E-state index contributed by atoms with van der Waals surface area (Å²) < 4.78 is 6.74. The van der Waals surface area contributed by atoms with Crippen LogP contribution in [-0.2, 0) is 11.3 Å². The van der Waals surface area contributed by atoms with E-state index in [1.165, 1.54) is 0 Å². The van der Waals surface area contributed by atoms with Crippen LogP contribution >= 0.6 is 0 Å². The van der Waals surface area contributed by atoms with Crippen molar-refractivity contribution in [3.63, 3.8) is 0 Å². The molecular weight excluding hydrogens is 358 g/mol. The summed E-state index contributed by atoms with van der Waals surface area (Å²) in [6, 6.07) is 14.6. The van der Waals surface area contributed by atoms with Crippen LogP contribution in [0.1, 0.15) is 10.4 Å². The van der Waals surface area contributed by atoms with E-state index in [0.717, 1.165) is 11.0 Å². The van der Waals surface area contributed by atoms with Gasteiger partial charge in [-0.1, -0.05) is 17.3 Å². The van der Waals surface area contributed by atoms with Crippen LogP contribution in [0.5, 0.6) is 5.75 Å². The van der Waals surface area contributed by atoms with Crippen LogP contribution in [0.3, 0.4) is 0 Å². The molecule has 0 N–H and O–H groups in total. The maximum absolute atomic E-state index is 12.6. The third kappa shape index (κ3) is 3.53. The zero-order valence-electron chi connectivity index (χ0n) is 15.6. The van der Waals surface area contributed by atoms with E-state index in [1.54, 1.807) is 45.9 Å². The zero-order valence-corrected chi connectivity index (χ0v) is 15.6. The summed E-state index contributed by atoms with van der Waals surface area (Å²) in [7, 11) is 1.59. The van der Waals surface area contributed by atoms with Gasteiger partial charge in [0.2, 0.25) is 5.91 Å². The van der Waals surface area contributed by atoms with E-state index in [2.05, 4.69) is 10.3 Å². The van der Waals surface area contributed by atoms with Gasteiger partial charge in [-0.2, -0.15) is 0 Å². The van der Waals surface area contributed by atoms with Crippen molar-refractivity contribution in [1.29, 1.82) is 0 Å². The van der Waals surface area contributed by atoms with Gasteiger partial charge < -0.3 is 14.5 Å². The first-order valence-corrected chi connectivity index (χ1v) is 9.15. The highest BCUT2D eigenvalue weighted by Crippen LogP contribution is 2.15. The van der Waals surface area contributed by atoms with E-state index in [4.69, 9.17) is 4.74 Å². The standard InChI is InChI=1S/C20H21N5O3/c1-28-16-8-6-15(7-9-16)20(27)24-12-10-23(11-13-24)19(26)14-25-18-5-3-2-4-17(18)21-22-25/h2-9H,10-14H2,1H3. The fourth-order valence-corrected chi connectivity index (χ4v) is 3.34. The lowest BCUT2D eigenvalue weighted by atomic mass is 10.1. The van der Waals surface area contributed by atoms with Crippen molar-refractivity contribution in [2.45, 2.75) is 6.54 Å². The van der Waals surface area contributed by atoms with E-state index < -0.39 is 0 Å². The first kappa shape index (κ1) is 18.0. The van der Waals surface area contributed by atoms with Crippen molar-refractivity contribution in [2.24, 2.45) is 0 Å². The molecule has 0 radical (unpaired) electrons. The Balaban J connectivity index is 1.35. The second-order valence-electron chi connectivity index (χ2n) is 6.64. The summed E-state index contributed by atoms with van der Waals surface area (Å²) in [6.07, 6.45) is 0. The lowest BCUT2D eigenvalue weighted by Gasteiger charge is -2.34. The summed E-state index contributed by atoms with van der Waals surface area (Å²) in [5.41, 5.74) is 2.23. The lowest BCUT2D eigenvalue weighted by Crippen LogP contribution is -2.51. The number of para-hydroxylation sites is 1. The number of nitrogens with zero attached hydrogens (tertiary/aromatic N) is 5. The number of piperazine rings is 1. The van der Waals surface area contributed by atoms with Crippen LogP contribution in [0.25, 0.3) is 11.0 Å². The Morgan fingerprint density at radius 2 is 1.64 bits per heavy atom. The molecule has 144 valence electrons. The number of ether oxygens (including phenoxy) is 1. The van der Waals surface area contributed by atoms with E-state index in [1.807, 2.05) is 24.3 Å². The number of hydrogen-bond acceptors (Lipinski definition) is 5. The molecule has 0 unspecified atom stereocenters. The van der Waals surface area contributed by atoms with E-state index in [0.29, 0.717) is 37.5 Å². The molecule has 1 aliphatic heterocycles. The van der Waals surface area contributed by atoms with Gasteiger partial charge in [0.05, 0.1) is 12.6 Å². The maximum Gasteiger partial charge on any atom is 0.253 e. The Morgan fingerprint density at radius 3 is 2.36 bits per heavy atom. The minimum Gasteiger partial charge on any atom is -0.497 e. The smallest absolute Gasteiger partial charge is 0.253 e. The van der Waals surface area contributed by atoms with Gasteiger partial charge in [0.1, 0.15) is 17.8 Å². The molecule has 0 bridgehead atoms. The number of aromatic nitrogens is 3. The van der Waals surface area contributed by atoms with Crippen LogP contribution < -0.4 is 4.74 Å². The molecule has 28 heavy (non-hydrogen) atoms. The Hall–Kier alpha value is -3.42. The Labute approximate surface area is 162 Å². The van der Waals surface area contributed by atoms with Gasteiger partial charge in [0.25, 0.3) is 5.91 Å². The Kier molecular flexibility index (Phi) is 4.92. The molecule has 3 aromatic rings. The SMILES string of the molecule is COc1ccc(C(=O)N2CCN(C(=O)Cn3nnc4ccccc43)CC2)cc1. The van der Waals surface area contributed by atoms with E-state index >= 15 is 0 Å². The minimum absolute atomic E-state index is 0.0211. The predicted molar refractivity (Wildman–Crippen MR) is 103 cm³/mol. The number of carbonyl (C=O) groups is 2. The second-order valence-corrected chi connectivity index (χ2v) is 6.64. The molecule has 2 heterocycles. The van der Waals surface area contributed by atoms with Gasteiger partial charge in [-0.25, -0.2) is 4.68 Å². The summed E-state index contributed by atoms with van der Waals surface area (Å²) >= 11 is 0.